The van der Waals surface area contributed by atoms with Crippen LogP contribution in [-0.4, -0.2) is 19.0 Å². The number of hydrogen-bond donors (Lipinski definition) is 0. The Morgan fingerprint density at radius 3 is 2.33 bits per heavy atom. The van der Waals surface area contributed by atoms with Crippen LogP contribution < -0.4 is 0 Å². The summed E-state index contributed by atoms with van der Waals surface area (Å²) in [5, 5.41) is 0. The molecule has 1 rings (SSSR count). The molecule has 0 atom stereocenters. The summed E-state index contributed by atoms with van der Waals surface area (Å²) in [7, 11) is 4.10. The number of aryl methyl sites for hydroxylation is 2. The third-order valence-electron chi connectivity index (χ3n) is 2.68. The van der Waals surface area contributed by atoms with E-state index in [0.717, 1.165) is 12.8 Å². The molecule has 0 fully saturated rings. The van der Waals surface area contributed by atoms with E-state index in [4.69, 9.17) is 0 Å². The number of allylic oxidation sites excluding steroid dienone is 1. The summed E-state index contributed by atoms with van der Waals surface area (Å²) in [6, 6.07) is 8.79. The van der Waals surface area contributed by atoms with Crippen molar-refractivity contribution < 1.29 is 0 Å². The minimum Gasteiger partial charge on any atom is -0.381 e. The zero-order valence-corrected chi connectivity index (χ0v) is 10.1. The smallest absolute Gasteiger partial charge is 0.00579 e. The van der Waals surface area contributed by atoms with E-state index in [1.54, 1.807) is 0 Å². The fourth-order valence-electron chi connectivity index (χ4n) is 1.47. The summed E-state index contributed by atoms with van der Waals surface area (Å²) in [6.45, 7) is 6.15. The molecular weight excluding hydrogens is 182 g/mol. The maximum atomic E-state index is 4.03. The molecule has 1 nitrogen and oxygen atoms in total. The van der Waals surface area contributed by atoms with E-state index in [1.165, 1.54) is 23.2 Å². The molecule has 0 bridgehead atoms. The lowest BCUT2D eigenvalue weighted by Crippen LogP contribution is -2.09. The normalized spacial score (nSPS) is 10.1. The first-order valence-corrected chi connectivity index (χ1v) is 5.50. The number of benzene rings is 1. The Morgan fingerprint density at radius 1 is 1.20 bits per heavy atom. The second kappa shape index (κ2) is 5.59. The summed E-state index contributed by atoms with van der Waals surface area (Å²) in [5.74, 6) is 0. The Morgan fingerprint density at radius 2 is 1.80 bits per heavy atom. The van der Waals surface area contributed by atoms with Crippen LogP contribution in [0.3, 0.4) is 0 Å². The van der Waals surface area contributed by atoms with Gasteiger partial charge in [-0.15, -0.1) is 0 Å². The van der Waals surface area contributed by atoms with Crippen molar-refractivity contribution in [1.29, 1.82) is 0 Å². The molecule has 1 aromatic carbocycles. The third-order valence-corrected chi connectivity index (χ3v) is 2.68. The fraction of sp³-hybridized carbons (Fsp3) is 0.429. The van der Waals surface area contributed by atoms with Crippen molar-refractivity contribution >= 4 is 0 Å². The molecular formula is C14H21N. The Balaban J connectivity index is 2.32. The van der Waals surface area contributed by atoms with Gasteiger partial charge in [-0.2, -0.15) is 0 Å². The average Bonchev–Trinajstić information content (AvgIpc) is 2.20. The van der Waals surface area contributed by atoms with Gasteiger partial charge in [0.2, 0.25) is 0 Å². The Bertz CT molecular complexity index is 309. The molecule has 0 saturated heterocycles. The van der Waals surface area contributed by atoms with Gasteiger partial charge in [-0.3, -0.25) is 0 Å². The summed E-state index contributed by atoms with van der Waals surface area (Å²) in [6.07, 6.45) is 3.41. The van der Waals surface area contributed by atoms with E-state index in [9.17, 15) is 0 Å². The van der Waals surface area contributed by atoms with Crippen molar-refractivity contribution in [1.82, 2.24) is 4.90 Å². The molecule has 1 aromatic rings. The van der Waals surface area contributed by atoms with Crippen LogP contribution in [0.5, 0.6) is 0 Å². The summed E-state index contributed by atoms with van der Waals surface area (Å²) in [4.78, 5) is 2.09. The molecule has 0 aliphatic rings. The highest BCUT2D eigenvalue weighted by Crippen LogP contribution is 2.11. The van der Waals surface area contributed by atoms with Gasteiger partial charge in [-0.1, -0.05) is 36.4 Å². The number of rotatable bonds is 5. The molecule has 0 unspecified atom stereocenters. The molecule has 0 aromatic heterocycles. The van der Waals surface area contributed by atoms with Gasteiger partial charge in [-0.25, -0.2) is 0 Å². The van der Waals surface area contributed by atoms with Gasteiger partial charge >= 0.3 is 0 Å². The van der Waals surface area contributed by atoms with Crippen LogP contribution >= 0.6 is 0 Å². The molecule has 0 spiro atoms. The first-order chi connectivity index (χ1) is 7.09. The lowest BCUT2D eigenvalue weighted by Gasteiger charge is -2.15. The van der Waals surface area contributed by atoms with E-state index >= 15 is 0 Å². The molecule has 0 amide bonds. The van der Waals surface area contributed by atoms with Crippen molar-refractivity contribution in [3.8, 4) is 0 Å². The van der Waals surface area contributed by atoms with Gasteiger partial charge < -0.3 is 4.90 Å². The summed E-state index contributed by atoms with van der Waals surface area (Å²) in [5.41, 5.74) is 3.96. The second-order valence-electron chi connectivity index (χ2n) is 4.30. The zero-order chi connectivity index (χ0) is 11.3. The van der Waals surface area contributed by atoms with Gasteiger partial charge in [-0.05, 0) is 31.7 Å². The largest absolute Gasteiger partial charge is 0.381 e. The lowest BCUT2D eigenvalue weighted by atomic mass is 10.1. The van der Waals surface area contributed by atoms with Gasteiger partial charge in [0.15, 0.2) is 0 Å². The van der Waals surface area contributed by atoms with Gasteiger partial charge in [0.25, 0.3) is 0 Å². The third kappa shape index (κ3) is 4.20. The Labute approximate surface area is 93.4 Å². The maximum Gasteiger partial charge on any atom is 0.00579 e. The van der Waals surface area contributed by atoms with E-state index in [0.29, 0.717) is 0 Å². The number of nitrogens with zero attached hydrogens (tertiary/aromatic N) is 1. The van der Waals surface area contributed by atoms with Crippen LogP contribution in [0.15, 0.2) is 36.5 Å². The zero-order valence-electron chi connectivity index (χ0n) is 10.1. The quantitative estimate of drug-likeness (QED) is 0.709. The molecule has 0 heterocycles. The maximum absolute atomic E-state index is 4.03. The van der Waals surface area contributed by atoms with Crippen molar-refractivity contribution in [2.75, 3.05) is 14.1 Å². The van der Waals surface area contributed by atoms with Crippen LogP contribution in [0.25, 0.3) is 0 Å². The van der Waals surface area contributed by atoms with Crippen molar-refractivity contribution in [3.05, 3.63) is 47.7 Å². The van der Waals surface area contributed by atoms with Gasteiger partial charge in [0, 0.05) is 19.8 Å². The van der Waals surface area contributed by atoms with Crippen LogP contribution in [0.2, 0.25) is 0 Å². The monoisotopic (exact) mass is 203 g/mol. The molecule has 15 heavy (non-hydrogen) atoms. The molecule has 0 saturated carbocycles. The van der Waals surface area contributed by atoms with Crippen molar-refractivity contribution in [2.45, 2.75) is 26.2 Å². The second-order valence-corrected chi connectivity index (χ2v) is 4.30. The van der Waals surface area contributed by atoms with E-state index < -0.39 is 0 Å². The molecule has 0 aliphatic carbocycles. The van der Waals surface area contributed by atoms with Crippen LogP contribution in [-0.2, 0) is 6.42 Å². The highest BCUT2D eigenvalue weighted by Gasteiger charge is 1.97. The molecule has 0 radical (unpaired) electrons. The summed E-state index contributed by atoms with van der Waals surface area (Å²) < 4.78 is 0. The highest BCUT2D eigenvalue weighted by molar-refractivity contribution is 5.21. The van der Waals surface area contributed by atoms with Gasteiger partial charge in [0.1, 0.15) is 0 Å². The number of hydrogen-bond acceptors (Lipinski definition) is 1. The topological polar surface area (TPSA) is 3.24 Å². The van der Waals surface area contributed by atoms with Crippen LogP contribution in [0.1, 0.15) is 24.0 Å². The Kier molecular flexibility index (Phi) is 4.41. The molecule has 0 aliphatic heterocycles. The highest BCUT2D eigenvalue weighted by atomic mass is 15.1. The lowest BCUT2D eigenvalue weighted by molar-refractivity contribution is 0.483. The molecule has 1 heteroatoms. The van der Waals surface area contributed by atoms with Crippen LogP contribution in [0.4, 0.5) is 0 Å². The molecule has 82 valence electrons. The predicted octanol–water partition coefficient (Wildman–Crippen LogP) is 3.39. The standard InChI is InChI=1S/C14H21N/c1-12-8-10-14(11-9-12)7-5-6-13(2)15(3)4/h8-11H,2,5-7H2,1,3-4H3. The average molecular weight is 203 g/mol. The predicted molar refractivity (Wildman–Crippen MR) is 66.9 cm³/mol. The Hall–Kier alpha value is -1.24. The van der Waals surface area contributed by atoms with E-state index in [2.05, 4.69) is 42.7 Å². The first kappa shape index (κ1) is 11.8. The van der Waals surface area contributed by atoms with Crippen molar-refractivity contribution in [2.24, 2.45) is 0 Å². The fourth-order valence-corrected chi connectivity index (χ4v) is 1.47. The summed E-state index contributed by atoms with van der Waals surface area (Å²) >= 11 is 0. The minimum atomic E-state index is 1.08. The first-order valence-electron chi connectivity index (χ1n) is 5.50. The van der Waals surface area contributed by atoms with Gasteiger partial charge in [0.05, 0.1) is 0 Å². The van der Waals surface area contributed by atoms with Crippen LogP contribution in [0, 0.1) is 6.92 Å². The minimum absolute atomic E-state index is 1.08. The SMILES string of the molecule is C=C(CCCc1ccc(C)cc1)N(C)C. The molecule has 0 N–H and O–H groups in total. The van der Waals surface area contributed by atoms with Crippen molar-refractivity contribution in [3.63, 3.8) is 0 Å². The van der Waals surface area contributed by atoms with E-state index in [1.807, 2.05) is 14.1 Å². The van der Waals surface area contributed by atoms with E-state index in [-0.39, 0.29) is 0 Å².